The van der Waals surface area contributed by atoms with Gasteiger partial charge in [-0.05, 0) is 21.2 Å². The number of thiophene rings is 1. The summed E-state index contributed by atoms with van der Waals surface area (Å²) in [6.07, 6.45) is 1.79. The lowest BCUT2D eigenvalue weighted by Crippen LogP contribution is -1.65. The van der Waals surface area contributed by atoms with Crippen LogP contribution in [0.5, 0.6) is 0 Å². The van der Waals surface area contributed by atoms with Crippen molar-refractivity contribution in [1.82, 2.24) is 4.98 Å². The largest absolute Gasteiger partial charge is 0.245 e. The maximum atomic E-state index is 4.19. The highest BCUT2D eigenvalue weighted by Gasteiger charge is 1.98. The van der Waals surface area contributed by atoms with E-state index in [1.807, 2.05) is 18.2 Å². The molecule has 0 radical (unpaired) electrons. The van der Waals surface area contributed by atoms with Crippen LogP contribution < -0.4 is 0 Å². The van der Waals surface area contributed by atoms with Gasteiger partial charge in [0, 0.05) is 11.6 Å². The van der Waals surface area contributed by atoms with Gasteiger partial charge in [-0.1, -0.05) is 17.4 Å². The summed E-state index contributed by atoms with van der Waals surface area (Å²) in [5.74, 6) is 0. The summed E-state index contributed by atoms with van der Waals surface area (Å²) in [6, 6.07) is 5.95. The molecular formula is C7H5N2PS. The predicted molar refractivity (Wildman–Crippen MR) is 50.0 cm³/mol. The van der Waals surface area contributed by atoms with Crippen LogP contribution in [0.25, 0.3) is 10.2 Å². The van der Waals surface area contributed by atoms with E-state index in [0.29, 0.717) is 0 Å². The monoisotopic (exact) mass is 180 g/mol. The highest BCUT2D eigenvalue weighted by atomic mass is 32.1. The molecule has 2 aromatic rings. The van der Waals surface area contributed by atoms with Gasteiger partial charge < -0.3 is 0 Å². The van der Waals surface area contributed by atoms with Crippen LogP contribution >= 0.6 is 20.4 Å². The summed E-state index contributed by atoms with van der Waals surface area (Å²) >= 11 is 1.57. The summed E-state index contributed by atoms with van der Waals surface area (Å²) in [6.45, 7) is 0. The molecule has 0 aliphatic heterocycles. The minimum atomic E-state index is 0.954. The lowest BCUT2D eigenvalue weighted by atomic mass is 10.3. The lowest BCUT2D eigenvalue weighted by Gasteiger charge is -1.81. The SMILES string of the molecule is P=Nc1cc2cccnc2s1. The lowest BCUT2D eigenvalue weighted by molar-refractivity contribution is 1.45. The summed E-state index contributed by atoms with van der Waals surface area (Å²) in [4.78, 5) is 5.22. The van der Waals surface area contributed by atoms with Crippen LogP contribution in [0.3, 0.4) is 0 Å². The minimum absolute atomic E-state index is 0.954. The summed E-state index contributed by atoms with van der Waals surface area (Å²) in [7, 11) is 3.09. The van der Waals surface area contributed by atoms with Gasteiger partial charge in [-0.3, -0.25) is 0 Å². The van der Waals surface area contributed by atoms with Crippen LogP contribution in [-0.2, 0) is 0 Å². The first-order valence-electron chi connectivity index (χ1n) is 3.12. The third-order valence-corrected chi connectivity index (χ3v) is 2.75. The fourth-order valence-corrected chi connectivity index (χ4v) is 1.90. The van der Waals surface area contributed by atoms with Gasteiger partial charge in [0.15, 0.2) is 0 Å². The van der Waals surface area contributed by atoms with E-state index in [4.69, 9.17) is 0 Å². The van der Waals surface area contributed by atoms with Crippen molar-refractivity contribution in [3.8, 4) is 0 Å². The Morgan fingerprint density at radius 1 is 1.55 bits per heavy atom. The molecule has 2 aromatic heterocycles. The third-order valence-electron chi connectivity index (χ3n) is 1.39. The Bertz CT molecular complexity index is 363. The Morgan fingerprint density at radius 3 is 3.18 bits per heavy atom. The van der Waals surface area contributed by atoms with E-state index < -0.39 is 0 Å². The molecule has 0 saturated carbocycles. The van der Waals surface area contributed by atoms with E-state index >= 15 is 0 Å². The Balaban J connectivity index is 2.78. The van der Waals surface area contributed by atoms with Gasteiger partial charge in [0.2, 0.25) is 0 Å². The first kappa shape index (κ1) is 6.89. The molecule has 0 amide bonds. The molecule has 0 aliphatic carbocycles. The van der Waals surface area contributed by atoms with Crippen molar-refractivity contribution in [3.63, 3.8) is 0 Å². The highest BCUT2D eigenvalue weighted by molar-refractivity contribution is 7.23. The standard InChI is InChI=1S/C7H5N2PS/c10-9-6-4-5-2-1-3-8-7(5)11-6/h1-4,10H. The first-order chi connectivity index (χ1) is 5.40. The zero-order valence-corrected chi connectivity index (χ0v) is 7.43. The maximum Gasteiger partial charge on any atom is 0.125 e. The van der Waals surface area contributed by atoms with Gasteiger partial charge in [-0.2, -0.15) is 0 Å². The number of aromatic nitrogens is 1. The summed E-state index contributed by atoms with van der Waals surface area (Å²) in [5.41, 5.74) is 0. The van der Waals surface area contributed by atoms with Crippen LogP contribution in [0.15, 0.2) is 29.1 Å². The summed E-state index contributed by atoms with van der Waals surface area (Å²) in [5, 5.41) is 2.10. The molecule has 2 nitrogen and oxygen atoms in total. The topological polar surface area (TPSA) is 25.2 Å². The van der Waals surface area contributed by atoms with E-state index in [-0.39, 0.29) is 0 Å². The van der Waals surface area contributed by atoms with Gasteiger partial charge in [-0.15, -0.1) is 0 Å². The van der Waals surface area contributed by atoms with Crippen LogP contribution in [0, 0.1) is 0 Å². The predicted octanol–water partition coefficient (Wildman–Crippen LogP) is 3.25. The normalized spacial score (nSPS) is 10.2. The summed E-state index contributed by atoms with van der Waals surface area (Å²) < 4.78 is 3.89. The minimum Gasteiger partial charge on any atom is -0.245 e. The molecule has 0 atom stereocenters. The smallest absolute Gasteiger partial charge is 0.125 e. The number of hydrogen-bond donors (Lipinski definition) is 0. The molecule has 54 valence electrons. The molecule has 0 saturated heterocycles. The Hall–Kier alpha value is -0.790. The van der Waals surface area contributed by atoms with Crippen LogP contribution in [0.1, 0.15) is 0 Å². The van der Waals surface area contributed by atoms with Crippen LogP contribution in [0.4, 0.5) is 5.00 Å². The molecule has 2 rings (SSSR count). The second kappa shape index (κ2) is 2.68. The fourth-order valence-electron chi connectivity index (χ4n) is 0.915. The molecular weight excluding hydrogens is 175 g/mol. The maximum absolute atomic E-state index is 4.19. The van der Waals surface area contributed by atoms with Crippen molar-refractivity contribution < 1.29 is 0 Å². The van der Waals surface area contributed by atoms with Crippen molar-refractivity contribution in [2.24, 2.45) is 4.74 Å². The molecule has 0 fully saturated rings. The second-order valence-electron chi connectivity index (χ2n) is 2.09. The number of rotatable bonds is 1. The zero-order valence-electron chi connectivity index (χ0n) is 5.61. The third kappa shape index (κ3) is 1.17. The van der Waals surface area contributed by atoms with E-state index in [2.05, 4.69) is 18.8 Å². The van der Waals surface area contributed by atoms with Gasteiger partial charge in [0.05, 0.1) is 0 Å². The van der Waals surface area contributed by atoms with Gasteiger partial charge >= 0.3 is 0 Å². The molecule has 11 heavy (non-hydrogen) atoms. The molecule has 0 aromatic carbocycles. The van der Waals surface area contributed by atoms with Crippen LogP contribution in [0.2, 0.25) is 0 Å². The van der Waals surface area contributed by atoms with E-state index in [0.717, 1.165) is 15.2 Å². The Labute approximate surface area is 70.2 Å². The fraction of sp³-hybridized carbons (Fsp3) is 0. The van der Waals surface area contributed by atoms with Crippen molar-refractivity contribution in [3.05, 3.63) is 24.4 Å². The van der Waals surface area contributed by atoms with Crippen molar-refractivity contribution in [2.75, 3.05) is 0 Å². The van der Waals surface area contributed by atoms with E-state index in [1.165, 1.54) is 0 Å². The van der Waals surface area contributed by atoms with Crippen molar-refractivity contribution in [2.45, 2.75) is 0 Å². The van der Waals surface area contributed by atoms with Gasteiger partial charge in [0.25, 0.3) is 0 Å². The number of pyridine rings is 1. The number of fused-ring (bicyclic) bond motifs is 1. The Kier molecular flexibility index (Phi) is 1.68. The van der Waals surface area contributed by atoms with Gasteiger partial charge in [-0.25, -0.2) is 9.73 Å². The van der Waals surface area contributed by atoms with Crippen molar-refractivity contribution in [1.29, 1.82) is 0 Å². The quantitative estimate of drug-likeness (QED) is 0.618. The molecule has 0 bridgehead atoms. The molecule has 0 aliphatic rings. The molecule has 0 N–H and O–H groups in total. The number of nitrogens with zero attached hydrogens (tertiary/aromatic N) is 2. The zero-order chi connectivity index (χ0) is 7.68. The highest BCUT2D eigenvalue weighted by Crippen LogP contribution is 2.30. The molecule has 2 heterocycles. The van der Waals surface area contributed by atoms with Crippen LogP contribution in [-0.4, -0.2) is 4.98 Å². The van der Waals surface area contributed by atoms with Gasteiger partial charge in [0.1, 0.15) is 9.83 Å². The Morgan fingerprint density at radius 2 is 2.45 bits per heavy atom. The average Bonchev–Trinajstić information content (AvgIpc) is 2.46. The second-order valence-corrected chi connectivity index (χ2v) is 3.33. The average molecular weight is 180 g/mol. The van der Waals surface area contributed by atoms with Crippen molar-refractivity contribution >= 4 is 35.6 Å². The first-order valence-corrected chi connectivity index (χ1v) is 4.38. The molecule has 0 unspecified atom stereocenters. The molecule has 0 spiro atoms. The molecule has 4 heteroatoms. The number of hydrogen-bond acceptors (Lipinski definition) is 3. The van der Waals surface area contributed by atoms with E-state index in [1.54, 1.807) is 17.5 Å². The van der Waals surface area contributed by atoms with E-state index in [9.17, 15) is 0 Å².